The van der Waals surface area contributed by atoms with E-state index in [1.165, 1.54) is 0 Å². The first-order chi connectivity index (χ1) is 9.15. The van der Waals surface area contributed by atoms with E-state index >= 15 is 0 Å². The fourth-order valence-electron chi connectivity index (χ4n) is 2.46. The third-order valence-corrected chi connectivity index (χ3v) is 4.46. The maximum absolute atomic E-state index is 11.9. The van der Waals surface area contributed by atoms with Crippen molar-refractivity contribution < 1.29 is 4.79 Å². The number of aromatic nitrogens is 1. The highest BCUT2D eigenvalue weighted by Crippen LogP contribution is 2.12. The van der Waals surface area contributed by atoms with E-state index in [9.17, 15) is 4.79 Å². The number of amides is 1. The first kappa shape index (κ1) is 14.5. The highest BCUT2D eigenvalue weighted by molar-refractivity contribution is 7.09. The summed E-state index contributed by atoms with van der Waals surface area (Å²) in [5.74, 6) is 0.713. The van der Waals surface area contributed by atoms with Crippen molar-refractivity contribution in [3.8, 4) is 0 Å². The zero-order chi connectivity index (χ0) is 13.7. The van der Waals surface area contributed by atoms with Crippen molar-refractivity contribution in [3.63, 3.8) is 0 Å². The summed E-state index contributed by atoms with van der Waals surface area (Å²) in [6, 6.07) is 0.343. The summed E-state index contributed by atoms with van der Waals surface area (Å²) in [4.78, 5) is 16.3. The van der Waals surface area contributed by atoms with Gasteiger partial charge < -0.3 is 10.6 Å². The smallest absolute Gasteiger partial charge is 0.220 e. The lowest BCUT2D eigenvalue weighted by atomic mass is 9.95. The molecule has 4 nitrogen and oxygen atoms in total. The van der Waals surface area contributed by atoms with Gasteiger partial charge in [-0.25, -0.2) is 4.98 Å². The van der Waals surface area contributed by atoms with Gasteiger partial charge in [-0.15, -0.1) is 11.3 Å². The summed E-state index contributed by atoms with van der Waals surface area (Å²) in [6.45, 7) is 6.21. The number of carbonyl (C=O) groups excluding carboxylic acids is 1. The maximum Gasteiger partial charge on any atom is 0.220 e. The number of piperidine rings is 1. The minimum Gasteiger partial charge on any atom is -0.353 e. The van der Waals surface area contributed by atoms with Crippen LogP contribution in [0.1, 0.15) is 36.9 Å². The Kier molecular flexibility index (Phi) is 5.34. The number of nitrogens with one attached hydrogen (secondary N) is 2. The first-order valence-electron chi connectivity index (χ1n) is 7.06. The van der Waals surface area contributed by atoms with E-state index in [2.05, 4.69) is 27.9 Å². The van der Waals surface area contributed by atoms with Crippen molar-refractivity contribution in [1.82, 2.24) is 15.6 Å². The Morgan fingerprint density at radius 1 is 1.63 bits per heavy atom. The van der Waals surface area contributed by atoms with Gasteiger partial charge >= 0.3 is 0 Å². The van der Waals surface area contributed by atoms with Crippen LogP contribution in [0.4, 0.5) is 0 Å². The van der Waals surface area contributed by atoms with E-state index in [0.29, 0.717) is 18.4 Å². The lowest BCUT2D eigenvalue weighted by molar-refractivity contribution is -0.122. The Morgan fingerprint density at radius 2 is 2.47 bits per heavy atom. The van der Waals surface area contributed by atoms with Crippen molar-refractivity contribution in [2.75, 3.05) is 13.1 Å². The number of rotatable bonds is 5. The molecule has 1 saturated heterocycles. The summed E-state index contributed by atoms with van der Waals surface area (Å²) >= 11 is 1.67. The second kappa shape index (κ2) is 7.01. The van der Waals surface area contributed by atoms with Crippen LogP contribution in [0, 0.1) is 12.8 Å². The second-order valence-electron chi connectivity index (χ2n) is 5.36. The molecule has 0 saturated carbocycles. The lowest BCUT2D eigenvalue weighted by Crippen LogP contribution is -2.48. The summed E-state index contributed by atoms with van der Waals surface area (Å²) < 4.78 is 0. The molecule has 2 heterocycles. The Morgan fingerprint density at radius 3 is 3.16 bits per heavy atom. The quantitative estimate of drug-likeness (QED) is 0.866. The predicted octanol–water partition coefficient (Wildman–Crippen LogP) is 1.89. The van der Waals surface area contributed by atoms with Crippen molar-refractivity contribution in [2.24, 2.45) is 5.92 Å². The van der Waals surface area contributed by atoms with Gasteiger partial charge in [-0.05, 0) is 45.2 Å². The van der Waals surface area contributed by atoms with E-state index in [-0.39, 0.29) is 5.91 Å². The maximum atomic E-state index is 11.9. The van der Waals surface area contributed by atoms with Crippen LogP contribution in [0.5, 0.6) is 0 Å². The largest absolute Gasteiger partial charge is 0.353 e. The summed E-state index contributed by atoms with van der Waals surface area (Å²) in [7, 11) is 0. The molecule has 1 aliphatic heterocycles. The van der Waals surface area contributed by atoms with Gasteiger partial charge in [-0.2, -0.15) is 0 Å². The SMILES string of the molecule is Cc1nc(CCCC(=O)NC2CCNCC2C)cs1. The molecular weight excluding hydrogens is 258 g/mol. The summed E-state index contributed by atoms with van der Waals surface area (Å²) in [5.41, 5.74) is 1.12. The number of aryl methyl sites for hydroxylation is 2. The Balaban J connectivity index is 1.66. The molecule has 5 heteroatoms. The van der Waals surface area contributed by atoms with Gasteiger partial charge in [0.05, 0.1) is 10.7 Å². The molecule has 2 unspecified atom stereocenters. The highest BCUT2D eigenvalue weighted by atomic mass is 32.1. The molecule has 0 aliphatic carbocycles. The monoisotopic (exact) mass is 281 g/mol. The zero-order valence-corrected chi connectivity index (χ0v) is 12.6. The molecule has 1 aromatic heterocycles. The van der Waals surface area contributed by atoms with Crippen LogP contribution in [-0.4, -0.2) is 30.0 Å². The van der Waals surface area contributed by atoms with Gasteiger partial charge in [0.25, 0.3) is 0 Å². The molecule has 106 valence electrons. The van der Waals surface area contributed by atoms with Gasteiger partial charge in [0.1, 0.15) is 0 Å². The van der Waals surface area contributed by atoms with Crippen LogP contribution in [0.3, 0.4) is 0 Å². The highest BCUT2D eigenvalue weighted by Gasteiger charge is 2.22. The van der Waals surface area contributed by atoms with E-state index < -0.39 is 0 Å². The molecule has 0 spiro atoms. The zero-order valence-electron chi connectivity index (χ0n) is 11.7. The van der Waals surface area contributed by atoms with Crippen molar-refractivity contribution in [2.45, 2.75) is 45.6 Å². The second-order valence-corrected chi connectivity index (χ2v) is 6.42. The summed E-state index contributed by atoms with van der Waals surface area (Å²) in [6.07, 6.45) is 3.43. The van der Waals surface area contributed by atoms with Crippen LogP contribution in [0.2, 0.25) is 0 Å². The van der Waals surface area contributed by atoms with Crippen LogP contribution >= 0.6 is 11.3 Å². The number of nitrogens with zero attached hydrogens (tertiary/aromatic N) is 1. The number of carbonyl (C=O) groups is 1. The Bertz CT molecular complexity index is 419. The molecule has 19 heavy (non-hydrogen) atoms. The van der Waals surface area contributed by atoms with E-state index in [1.807, 2.05) is 6.92 Å². The third-order valence-electron chi connectivity index (χ3n) is 3.64. The summed E-state index contributed by atoms with van der Waals surface area (Å²) in [5, 5.41) is 9.70. The van der Waals surface area contributed by atoms with Crippen molar-refractivity contribution >= 4 is 17.2 Å². The standard InChI is InChI=1S/C14H23N3OS/c1-10-8-15-7-6-13(10)17-14(18)5-3-4-12-9-19-11(2)16-12/h9-10,13,15H,3-8H2,1-2H3,(H,17,18). The van der Waals surface area contributed by atoms with Crippen LogP contribution < -0.4 is 10.6 Å². The molecule has 0 aromatic carbocycles. The van der Waals surface area contributed by atoms with Crippen molar-refractivity contribution in [3.05, 3.63) is 16.1 Å². The Hall–Kier alpha value is -0.940. The molecule has 1 aliphatic rings. The van der Waals surface area contributed by atoms with Gasteiger partial charge in [0.2, 0.25) is 5.91 Å². The predicted molar refractivity (Wildman–Crippen MR) is 78.4 cm³/mol. The fraction of sp³-hybridized carbons (Fsp3) is 0.714. The average Bonchev–Trinajstić information content (AvgIpc) is 2.78. The third kappa shape index (κ3) is 4.58. The van der Waals surface area contributed by atoms with E-state index in [4.69, 9.17) is 0 Å². The van der Waals surface area contributed by atoms with Gasteiger partial charge in [-0.1, -0.05) is 6.92 Å². The minimum atomic E-state index is 0.186. The molecule has 2 N–H and O–H groups in total. The molecule has 0 bridgehead atoms. The molecule has 2 rings (SSSR count). The van der Waals surface area contributed by atoms with Crippen LogP contribution in [-0.2, 0) is 11.2 Å². The number of hydrogen-bond donors (Lipinski definition) is 2. The van der Waals surface area contributed by atoms with Gasteiger partial charge in [0, 0.05) is 17.8 Å². The molecule has 1 aromatic rings. The average molecular weight is 281 g/mol. The van der Waals surface area contributed by atoms with Gasteiger partial charge in [-0.3, -0.25) is 4.79 Å². The van der Waals surface area contributed by atoms with Gasteiger partial charge in [0.15, 0.2) is 0 Å². The first-order valence-corrected chi connectivity index (χ1v) is 7.94. The van der Waals surface area contributed by atoms with E-state index in [1.54, 1.807) is 11.3 Å². The minimum absolute atomic E-state index is 0.186. The lowest BCUT2D eigenvalue weighted by Gasteiger charge is -2.30. The van der Waals surface area contributed by atoms with Crippen LogP contribution in [0.25, 0.3) is 0 Å². The molecule has 1 amide bonds. The van der Waals surface area contributed by atoms with Crippen molar-refractivity contribution in [1.29, 1.82) is 0 Å². The molecular formula is C14H23N3OS. The molecule has 0 radical (unpaired) electrons. The number of hydrogen-bond acceptors (Lipinski definition) is 4. The normalized spacial score (nSPS) is 23.3. The topological polar surface area (TPSA) is 54.0 Å². The van der Waals surface area contributed by atoms with E-state index in [0.717, 1.165) is 43.1 Å². The molecule has 2 atom stereocenters. The molecule has 1 fully saturated rings. The fourth-order valence-corrected chi connectivity index (χ4v) is 3.11. The van der Waals surface area contributed by atoms with Crippen LogP contribution in [0.15, 0.2) is 5.38 Å². The Labute approximate surface area is 119 Å². The number of thiazole rings is 1.